The van der Waals surface area contributed by atoms with E-state index in [-0.39, 0.29) is 17.7 Å². The van der Waals surface area contributed by atoms with Crippen molar-refractivity contribution in [2.45, 2.75) is 49.4 Å². The molecule has 2 aliphatic rings. The summed E-state index contributed by atoms with van der Waals surface area (Å²) in [5.41, 5.74) is 0.625. The molecule has 8 heteroatoms. The Morgan fingerprint density at radius 1 is 1.29 bits per heavy atom. The molecular formula is C16H22ClFN2O3S. The van der Waals surface area contributed by atoms with Crippen LogP contribution in [-0.2, 0) is 14.9 Å². The van der Waals surface area contributed by atoms with Crippen LogP contribution in [0.5, 0.6) is 0 Å². The lowest BCUT2D eigenvalue weighted by Gasteiger charge is -2.27. The zero-order chi connectivity index (χ0) is 17.3. The summed E-state index contributed by atoms with van der Waals surface area (Å²) in [5.74, 6) is -0.526. The lowest BCUT2D eigenvalue weighted by molar-refractivity contribution is -0.110. The topological polar surface area (TPSA) is 58.6 Å². The van der Waals surface area contributed by atoms with Crippen LogP contribution in [-0.4, -0.2) is 38.4 Å². The van der Waals surface area contributed by atoms with Gasteiger partial charge in [0, 0.05) is 13.1 Å². The molecule has 1 aromatic rings. The molecule has 1 saturated heterocycles. The highest BCUT2D eigenvalue weighted by Gasteiger charge is 2.44. The highest BCUT2D eigenvalue weighted by molar-refractivity contribution is 7.90. The van der Waals surface area contributed by atoms with E-state index >= 15 is 0 Å². The van der Waals surface area contributed by atoms with E-state index in [2.05, 4.69) is 4.72 Å². The average molecular weight is 377 g/mol. The number of halogens is 2. The van der Waals surface area contributed by atoms with Crippen LogP contribution in [0.15, 0.2) is 18.2 Å². The molecule has 24 heavy (non-hydrogen) atoms. The number of hydrogen-bond acceptors (Lipinski definition) is 4. The lowest BCUT2D eigenvalue weighted by Crippen LogP contribution is -2.44. The number of rotatable bonds is 4. The van der Waals surface area contributed by atoms with E-state index in [0.29, 0.717) is 5.56 Å². The minimum Gasteiger partial charge on any atom is -0.297 e. The summed E-state index contributed by atoms with van der Waals surface area (Å²) < 4.78 is 42.0. The average Bonchev–Trinajstić information content (AvgIpc) is 2.93. The lowest BCUT2D eigenvalue weighted by atomic mass is 9.96. The van der Waals surface area contributed by atoms with Gasteiger partial charge in [-0.1, -0.05) is 36.9 Å². The van der Waals surface area contributed by atoms with Crippen molar-refractivity contribution in [3.63, 3.8) is 0 Å². The fourth-order valence-corrected chi connectivity index (χ4v) is 5.49. The summed E-state index contributed by atoms with van der Waals surface area (Å²) in [7, 11) is -1.89. The maximum atomic E-state index is 13.4. The van der Waals surface area contributed by atoms with Gasteiger partial charge in [0.2, 0.25) is 10.0 Å². The maximum Gasteiger partial charge on any atom is 0.219 e. The number of nitrogens with one attached hydrogen (secondary N) is 1. The van der Waals surface area contributed by atoms with Gasteiger partial charge in [-0.15, -0.1) is 0 Å². The number of hydrogen-bond donors (Lipinski definition) is 1. The second-order valence-electron chi connectivity index (χ2n) is 6.50. The number of sulfonamides is 1. The molecule has 1 N–H and O–H groups in total. The van der Waals surface area contributed by atoms with Crippen molar-refractivity contribution in [2.75, 3.05) is 13.7 Å². The van der Waals surface area contributed by atoms with E-state index in [0.717, 1.165) is 32.1 Å². The van der Waals surface area contributed by atoms with Gasteiger partial charge in [0.05, 0.1) is 17.7 Å². The summed E-state index contributed by atoms with van der Waals surface area (Å²) in [5, 5.41) is 0.726. The smallest absolute Gasteiger partial charge is 0.219 e. The second kappa shape index (κ2) is 7.25. The van der Waals surface area contributed by atoms with Crippen LogP contribution in [0.25, 0.3) is 0 Å². The largest absolute Gasteiger partial charge is 0.297 e. The van der Waals surface area contributed by atoms with Crippen LogP contribution in [0.2, 0.25) is 5.02 Å². The molecule has 3 rings (SSSR count). The van der Waals surface area contributed by atoms with Gasteiger partial charge in [0.15, 0.2) is 0 Å². The summed E-state index contributed by atoms with van der Waals surface area (Å²) in [6.07, 6.45) is 4.99. The molecule has 0 aromatic heterocycles. The van der Waals surface area contributed by atoms with Gasteiger partial charge in [-0.2, -0.15) is 5.06 Å². The zero-order valence-corrected chi connectivity index (χ0v) is 15.1. The molecule has 0 radical (unpaired) electrons. The van der Waals surface area contributed by atoms with Gasteiger partial charge < -0.3 is 0 Å². The summed E-state index contributed by atoms with van der Waals surface area (Å²) in [6, 6.07) is 3.74. The Labute approximate surface area is 147 Å². The SMILES string of the molecule is CN1OCC(S(=O)(=O)NC2CCCCC2)C1c1ccc(F)c(Cl)c1. The van der Waals surface area contributed by atoms with Crippen molar-refractivity contribution in [1.82, 2.24) is 9.79 Å². The molecule has 2 fully saturated rings. The molecule has 2 atom stereocenters. The number of benzene rings is 1. The molecule has 134 valence electrons. The number of nitrogens with zero attached hydrogens (tertiary/aromatic N) is 1. The van der Waals surface area contributed by atoms with E-state index in [1.807, 2.05) is 0 Å². The van der Waals surface area contributed by atoms with E-state index in [1.54, 1.807) is 13.1 Å². The Morgan fingerprint density at radius 3 is 2.67 bits per heavy atom. The maximum absolute atomic E-state index is 13.4. The van der Waals surface area contributed by atoms with Crippen molar-refractivity contribution in [3.8, 4) is 0 Å². The van der Waals surface area contributed by atoms with Gasteiger partial charge >= 0.3 is 0 Å². The summed E-state index contributed by atoms with van der Waals surface area (Å²) in [4.78, 5) is 5.46. The van der Waals surface area contributed by atoms with Crippen LogP contribution in [0.1, 0.15) is 43.7 Å². The third kappa shape index (κ3) is 3.75. The molecule has 1 aromatic carbocycles. The van der Waals surface area contributed by atoms with E-state index in [9.17, 15) is 12.8 Å². The molecular weight excluding hydrogens is 355 g/mol. The van der Waals surface area contributed by atoms with Gasteiger partial charge in [0.1, 0.15) is 11.1 Å². The van der Waals surface area contributed by atoms with Crippen LogP contribution >= 0.6 is 11.6 Å². The standard InChI is InChI=1S/C16H22ClFN2O3S/c1-20-16(11-7-8-14(18)13(17)9-11)15(10-23-20)24(21,22)19-12-5-3-2-4-6-12/h7-9,12,15-16,19H,2-6,10H2,1H3. The molecule has 2 unspecified atom stereocenters. The highest BCUT2D eigenvalue weighted by atomic mass is 35.5. The molecule has 1 aliphatic carbocycles. The van der Waals surface area contributed by atoms with Crippen LogP contribution in [0, 0.1) is 5.82 Å². The quantitative estimate of drug-likeness (QED) is 0.877. The Morgan fingerprint density at radius 2 is 2.00 bits per heavy atom. The first kappa shape index (κ1) is 18.1. The molecule has 1 heterocycles. The Hall–Kier alpha value is -0.730. The van der Waals surface area contributed by atoms with E-state index in [4.69, 9.17) is 16.4 Å². The third-order valence-electron chi connectivity index (χ3n) is 4.81. The molecule has 1 saturated carbocycles. The minimum absolute atomic E-state index is 0.00730. The van der Waals surface area contributed by atoms with Crippen LogP contribution in [0.3, 0.4) is 0 Å². The Balaban J connectivity index is 1.83. The van der Waals surface area contributed by atoms with Crippen LogP contribution in [0.4, 0.5) is 4.39 Å². The van der Waals surface area contributed by atoms with Crippen LogP contribution < -0.4 is 4.72 Å². The second-order valence-corrected chi connectivity index (χ2v) is 8.83. The third-order valence-corrected chi connectivity index (χ3v) is 6.95. The van der Waals surface area contributed by atoms with Crippen molar-refractivity contribution in [1.29, 1.82) is 0 Å². The molecule has 0 amide bonds. The fourth-order valence-electron chi connectivity index (χ4n) is 3.52. The predicted molar refractivity (Wildman–Crippen MR) is 90.6 cm³/mol. The van der Waals surface area contributed by atoms with Gasteiger partial charge in [-0.25, -0.2) is 17.5 Å². The summed E-state index contributed by atoms with van der Waals surface area (Å²) in [6.45, 7) is 0.0677. The highest BCUT2D eigenvalue weighted by Crippen LogP contribution is 2.35. The molecule has 5 nitrogen and oxygen atoms in total. The fraction of sp³-hybridized carbons (Fsp3) is 0.625. The Kier molecular flexibility index (Phi) is 5.46. The molecule has 0 spiro atoms. The monoisotopic (exact) mass is 376 g/mol. The van der Waals surface area contributed by atoms with Crippen molar-refractivity contribution in [2.24, 2.45) is 0 Å². The normalized spacial score (nSPS) is 26.8. The Bertz CT molecular complexity index is 695. The van der Waals surface area contributed by atoms with Gasteiger partial charge in [-0.05, 0) is 30.5 Å². The first-order chi connectivity index (χ1) is 11.4. The molecule has 0 bridgehead atoms. The zero-order valence-electron chi connectivity index (χ0n) is 13.5. The minimum atomic E-state index is -3.57. The summed E-state index contributed by atoms with van der Waals surface area (Å²) >= 11 is 5.86. The molecule has 1 aliphatic heterocycles. The predicted octanol–water partition coefficient (Wildman–Crippen LogP) is 3.02. The van der Waals surface area contributed by atoms with Crippen molar-refractivity contribution in [3.05, 3.63) is 34.6 Å². The van der Waals surface area contributed by atoms with E-state index < -0.39 is 27.1 Å². The van der Waals surface area contributed by atoms with E-state index in [1.165, 1.54) is 17.2 Å². The number of hydroxylamine groups is 2. The van der Waals surface area contributed by atoms with Crippen molar-refractivity contribution >= 4 is 21.6 Å². The van der Waals surface area contributed by atoms with Gasteiger partial charge in [0.25, 0.3) is 0 Å². The first-order valence-electron chi connectivity index (χ1n) is 8.20. The van der Waals surface area contributed by atoms with Crippen molar-refractivity contribution < 1.29 is 17.6 Å². The van der Waals surface area contributed by atoms with Gasteiger partial charge in [-0.3, -0.25) is 4.84 Å². The first-order valence-corrected chi connectivity index (χ1v) is 10.1.